The maximum atomic E-state index is 13.9. The summed E-state index contributed by atoms with van der Waals surface area (Å²) in [4.78, 5) is 13.5. The highest BCUT2D eigenvalue weighted by Crippen LogP contribution is 2.30. The predicted molar refractivity (Wildman–Crippen MR) is 101 cm³/mol. The summed E-state index contributed by atoms with van der Waals surface area (Å²) in [5.74, 6) is -2.71. The Morgan fingerprint density at radius 2 is 1.72 bits per heavy atom. The highest BCUT2D eigenvalue weighted by atomic mass is 35.5. The molecule has 0 aliphatic heterocycles. The number of alkyl halides is 4. The van der Waals surface area contributed by atoms with Gasteiger partial charge in [0.1, 0.15) is 22.9 Å². The summed E-state index contributed by atoms with van der Waals surface area (Å²) in [6, 6.07) is 6.86. The van der Waals surface area contributed by atoms with Gasteiger partial charge >= 0.3 is 12.1 Å². The van der Waals surface area contributed by atoms with E-state index >= 15 is 0 Å². The van der Waals surface area contributed by atoms with Crippen LogP contribution in [0.2, 0.25) is 0 Å². The summed E-state index contributed by atoms with van der Waals surface area (Å²) in [5, 5.41) is 2.31. The van der Waals surface area contributed by atoms with E-state index in [9.17, 15) is 22.4 Å². The molecular weight excluding hydrogens is 439 g/mol. The Labute approximate surface area is 173 Å². The van der Waals surface area contributed by atoms with Crippen LogP contribution < -0.4 is 10.1 Å². The Hall–Kier alpha value is -2.52. The third kappa shape index (κ3) is 6.23. The van der Waals surface area contributed by atoms with Crippen LogP contribution in [-0.2, 0) is 4.74 Å². The number of aliphatic imine (C=N–C) groups is 1. The molecule has 0 unspecified atom stereocenters. The molecule has 0 heterocycles. The van der Waals surface area contributed by atoms with Gasteiger partial charge in [-0.15, -0.1) is 0 Å². The molecule has 0 aliphatic carbocycles. The Balaban J connectivity index is 2.16. The first-order valence-electron chi connectivity index (χ1n) is 8.06. The van der Waals surface area contributed by atoms with Crippen molar-refractivity contribution in [2.24, 2.45) is 4.99 Å². The second-order valence-corrected chi connectivity index (χ2v) is 6.46. The van der Waals surface area contributed by atoms with Crippen molar-refractivity contribution < 1.29 is 31.8 Å². The van der Waals surface area contributed by atoms with Gasteiger partial charge in [0.05, 0.1) is 6.61 Å². The SMILES string of the molecule is CCOC(=NC(=O)Nc1ccc(OC(F)(F)C(Cl)Cl)cc1)c1c(F)cccc1F. The van der Waals surface area contributed by atoms with E-state index in [1.165, 1.54) is 12.1 Å². The van der Waals surface area contributed by atoms with Crippen molar-refractivity contribution >= 4 is 40.8 Å². The molecule has 2 amide bonds. The predicted octanol–water partition coefficient (Wildman–Crippen LogP) is 5.76. The number of benzene rings is 2. The van der Waals surface area contributed by atoms with Crippen LogP contribution in [0.15, 0.2) is 47.5 Å². The molecule has 0 fully saturated rings. The molecular formula is C18H14Cl2F4N2O3. The number of nitrogens with zero attached hydrogens (tertiary/aromatic N) is 1. The average molecular weight is 453 g/mol. The molecule has 0 aromatic heterocycles. The number of hydrogen-bond acceptors (Lipinski definition) is 3. The lowest BCUT2D eigenvalue weighted by Gasteiger charge is -2.18. The maximum Gasteiger partial charge on any atom is 0.428 e. The number of halogens is 6. The van der Waals surface area contributed by atoms with Crippen molar-refractivity contribution in [2.75, 3.05) is 11.9 Å². The van der Waals surface area contributed by atoms with Gasteiger partial charge < -0.3 is 14.8 Å². The van der Waals surface area contributed by atoms with Crippen LogP contribution >= 0.6 is 23.2 Å². The van der Waals surface area contributed by atoms with Crippen LogP contribution in [0.4, 0.5) is 28.0 Å². The molecule has 0 atom stereocenters. The van der Waals surface area contributed by atoms with Crippen molar-refractivity contribution in [1.29, 1.82) is 0 Å². The molecule has 0 saturated heterocycles. The molecule has 0 saturated carbocycles. The Bertz CT molecular complexity index is 873. The van der Waals surface area contributed by atoms with Crippen molar-refractivity contribution in [2.45, 2.75) is 17.9 Å². The van der Waals surface area contributed by atoms with Crippen LogP contribution in [-0.4, -0.2) is 29.5 Å². The minimum Gasteiger partial charge on any atom is -0.477 e. The standard InChI is InChI=1S/C18H14Cl2F4N2O3/c1-2-28-15(14-12(21)4-3-5-13(14)22)26-17(27)25-10-6-8-11(9-7-10)29-18(23,24)16(19)20/h3-9,16H,2H2,1H3,(H,25,27). The molecule has 2 rings (SSSR count). The zero-order valence-corrected chi connectivity index (χ0v) is 16.3. The van der Waals surface area contributed by atoms with E-state index in [-0.39, 0.29) is 18.0 Å². The molecule has 2 aromatic carbocycles. The van der Waals surface area contributed by atoms with E-state index in [1.54, 1.807) is 6.92 Å². The van der Waals surface area contributed by atoms with Gasteiger partial charge in [-0.25, -0.2) is 13.6 Å². The molecule has 0 bridgehead atoms. The summed E-state index contributed by atoms with van der Waals surface area (Å²) in [7, 11) is 0. The largest absolute Gasteiger partial charge is 0.477 e. The van der Waals surface area contributed by atoms with Gasteiger partial charge in [-0.2, -0.15) is 13.8 Å². The number of nitrogens with one attached hydrogen (secondary N) is 1. The third-order valence-corrected chi connectivity index (χ3v) is 3.78. The van der Waals surface area contributed by atoms with Crippen LogP contribution in [0.5, 0.6) is 5.75 Å². The smallest absolute Gasteiger partial charge is 0.428 e. The van der Waals surface area contributed by atoms with Crippen molar-refractivity contribution in [1.82, 2.24) is 0 Å². The number of carbonyl (C=O) groups is 1. The normalized spacial score (nSPS) is 12.1. The van der Waals surface area contributed by atoms with Crippen molar-refractivity contribution in [3.8, 4) is 5.75 Å². The molecule has 11 heteroatoms. The minimum atomic E-state index is -3.81. The summed E-state index contributed by atoms with van der Waals surface area (Å²) in [6.07, 6.45) is -3.81. The fourth-order valence-corrected chi connectivity index (χ4v) is 2.14. The van der Waals surface area contributed by atoms with E-state index in [0.29, 0.717) is 0 Å². The lowest BCUT2D eigenvalue weighted by atomic mass is 10.2. The second kappa shape index (κ2) is 9.80. The maximum absolute atomic E-state index is 13.9. The van der Waals surface area contributed by atoms with Crippen LogP contribution in [0, 0.1) is 11.6 Å². The van der Waals surface area contributed by atoms with Gasteiger partial charge in [0.15, 0.2) is 0 Å². The van der Waals surface area contributed by atoms with Gasteiger partial charge in [0, 0.05) is 5.69 Å². The number of carbonyl (C=O) groups excluding carboxylic acids is 1. The van der Waals surface area contributed by atoms with E-state index in [1.807, 2.05) is 0 Å². The Morgan fingerprint density at radius 1 is 1.14 bits per heavy atom. The highest BCUT2D eigenvalue weighted by Gasteiger charge is 2.40. The summed E-state index contributed by atoms with van der Waals surface area (Å²) >= 11 is 10.2. The molecule has 156 valence electrons. The topological polar surface area (TPSA) is 59.9 Å². The number of ether oxygens (including phenoxy) is 2. The fraction of sp³-hybridized carbons (Fsp3) is 0.222. The second-order valence-electron chi connectivity index (χ2n) is 5.37. The summed E-state index contributed by atoms with van der Waals surface area (Å²) < 4.78 is 63.9. The van der Waals surface area contributed by atoms with Gasteiger partial charge in [0.2, 0.25) is 10.7 Å². The third-order valence-electron chi connectivity index (χ3n) is 3.27. The molecule has 0 spiro atoms. The highest BCUT2D eigenvalue weighted by molar-refractivity contribution is 6.44. The lowest BCUT2D eigenvalue weighted by molar-refractivity contribution is -0.163. The first-order chi connectivity index (χ1) is 13.6. The molecule has 0 aliphatic rings. The van der Waals surface area contributed by atoms with E-state index in [2.05, 4.69) is 15.0 Å². The quantitative estimate of drug-likeness (QED) is 0.262. The molecule has 0 radical (unpaired) electrons. The first kappa shape index (κ1) is 22.8. The number of urea groups is 1. The van der Waals surface area contributed by atoms with Crippen LogP contribution in [0.1, 0.15) is 12.5 Å². The Kier molecular flexibility index (Phi) is 7.69. The number of hydrogen-bond donors (Lipinski definition) is 1. The van der Waals surface area contributed by atoms with Crippen LogP contribution in [0.25, 0.3) is 0 Å². The van der Waals surface area contributed by atoms with Gasteiger partial charge in [-0.1, -0.05) is 29.3 Å². The van der Waals surface area contributed by atoms with E-state index < -0.39 is 40.1 Å². The lowest BCUT2D eigenvalue weighted by Crippen LogP contribution is -2.32. The van der Waals surface area contributed by atoms with Crippen molar-refractivity contribution in [3.05, 3.63) is 59.7 Å². The first-order valence-corrected chi connectivity index (χ1v) is 8.93. The molecule has 29 heavy (non-hydrogen) atoms. The monoisotopic (exact) mass is 452 g/mol. The molecule has 1 N–H and O–H groups in total. The molecule has 2 aromatic rings. The summed E-state index contributed by atoms with van der Waals surface area (Å²) in [6.45, 7) is 1.55. The van der Waals surface area contributed by atoms with Gasteiger partial charge in [0.25, 0.3) is 0 Å². The number of amides is 2. The average Bonchev–Trinajstić information content (AvgIpc) is 2.63. The summed E-state index contributed by atoms with van der Waals surface area (Å²) in [5.41, 5.74) is -0.445. The fourth-order valence-electron chi connectivity index (χ4n) is 2.05. The number of anilines is 1. The van der Waals surface area contributed by atoms with Gasteiger partial charge in [-0.3, -0.25) is 0 Å². The van der Waals surface area contributed by atoms with E-state index in [0.717, 1.165) is 30.3 Å². The number of rotatable bonds is 6. The minimum absolute atomic E-state index is 0.00225. The Morgan fingerprint density at radius 3 is 2.24 bits per heavy atom. The van der Waals surface area contributed by atoms with Crippen molar-refractivity contribution in [3.63, 3.8) is 0 Å². The van der Waals surface area contributed by atoms with E-state index in [4.69, 9.17) is 27.9 Å². The van der Waals surface area contributed by atoms with Gasteiger partial charge in [-0.05, 0) is 43.3 Å². The van der Waals surface area contributed by atoms with Crippen LogP contribution in [0.3, 0.4) is 0 Å². The zero-order valence-electron chi connectivity index (χ0n) is 14.8. The molecule has 5 nitrogen and oxygen atoms in total. The zero-order chi connectivity index (χ0) is 21.6.